The third-order valence-electron chi connectivity index (χ3n) is 2.59. The van der Waals surface area contributed by atoms with Gasteiger partial charge in [0.05, 0.1) is 0 Å². The van der Waals surface area contributed by atoms with Gasteiger partial charge in [0.25, 0.3) is 0 Å². The number of pyridine rings is 1. The Morgan fingerprint density at radius 1 is 1.25 bits per heavy atom. The van der Waals surface area contributed by atoms with Crippen molar-refractivity contribution in [3.63, 3.8) is 0 Å². The second-order valence-corrected chi connectivity index (χ2v) is 4.03. The van der Waals surface area contributed by atoms with Crippen LogP contribution >= 0.6 is 11.6 Å². The SMILES string of the molecule is CC(c1ccncc1)C(O)c1ccc(Cl)o1. The molecule has 2 atom stereocenters. The molecule has 0 radical (unpaired) electrons. The van der Waals surface area contributed by atoms with Crippen LogP contribution < -0.4 is 0 Å². The molecule has 2 unspecified atom stereocenters. The summed E-state index contributed by atoms with van der Waals surface area (Å²) in [6, 6.07) is 7.06. The van der Waals surface area contributed by atoms with Crippen molar-refractivity contribution < 1.29 is 9.52 Å². The standard InChI is InChI=1S/C12H12ClNO2/c1-8(9-4-6-14-7-5-9)12(15)10-2-3-11(13)16-10/h2-8,12,15H,1H3. The van der Waals surface area contributed by atoms with Crippen molar-refractivity contribution in [2.45, 2.75) is 18.9 Å². The smallest absolute Gasteiger partial charge is 0.193 e. The van der Waals surface area contributed by atoms with Crippen LogP contribution in [0.25, 0.3) is 0 Å². The summed E-state index contributed by atoms with van der Waals surface area (Å²) in [5.41, 5.74) is 1.01. The molecule has 0 fully saturated rings. The Morgan fingerprint density at radius 2 is 1.94 bits per heavy atom. The molecule has 4 heteroatoms. The Hall–Kier alpha value is -1.32. The first kappa shape index (κ1) is 11.2. The number of aliphatic hydroxyl groups excluding tert-OH is 1. The van der Waals surface area contributed by atoms with Gasteiger partial charge in [-0.15, -0.1) is 0 Å². The molecule has 0 aliphatic carbocycles. The van der Waals surface area contributed by atoms with E-state index in [2.05, 4.69) is 4.98 Å². The van der Waals surface area contributed by atoms with Gasteiger partial charge in [-0.3, -0.25) is 4.98 Å². The van der Waals surface area contributed by atoms with Gasteiger partial charge in [0.2, 0.25) is 0 Å². The summed E-state index contributed by atoms with van der Waals surface area (Å²) in [7, 11) is 0. The Kier molecular flexibility index (Phi) is 3.27. The molecule has 0 amide bonds. The highest BCUT2D eigenvalue weighted by atomic mass is 35.5. The van der Waals surface area contributed by atoms with E-state index >= 15 is 0 Å². The summed E-state index contributed by atoms with van der Waals surface area (Å²) in [6.07, 6.45) is 2.70. The Morgan fingerprint density at radius 3 is 2.50 bits per heavy atom. The van der Waals surface area contributed by atoms with Crippen LogP contribution in [0.15, 0.2) is 41.1 Å². The Bertz CT molecular complexity index is 455. The molecule has 3 nitrogen and oxygen atoms in total. The van der Waals surface area contributed by atoms with Gasteiger partial charge in [0.1, 0.15) is 11.9 Å². The number of hydrogen-bond donors (Lipinski definition) is 1. The summed E-state index contributed by atoms with van der Waals surface area (Å²) in [6.45, 7) is 1.93. The van der Waals surface area contributed by atoms with E-state index < -0.39 is 6.10 Å². The molecule has 2 aromatic heterocycles. The first-order valence-corrected chi connectivity index (χ1v) is 5.39. The van der Waals surface area contributed by atoms with Crippen molar-refractivity contribution in [1.29, 1.82) is 0 Å². The molecule has 0 aliphatic heterocycles. The molecule has 2 aromatic rings. The van der Waals surface area contributed by atoms with E-state index in [1.165, 1.54) is 0 Å². The molecule has 0 aliphatic rings. The number of rotatable bonds is 3. The molecule has 0 saturated heterocycles. The van der Waals surface area contributed by atoms with E-state index in [-0.39, 0.29) is 11.1 Å². The van der Waals surface area contributed by atoms with Crippen LogP contribution in [-0.2, 0) is 0 Å². The molecule has 84 valence electrons. The molecule has 0 bridgehead atoms. The number of aliphatic hydroxyl groups is 1. The fraction of sp³-hybridized carbons (Fsp3) is 0.250. The first-order valence-electron chi connectivity index (χ1n) is 5.01. The van der Waals surface area contributed by atoms with Gasteiger partial charge in [-0.25, -0.2) is 0 Å². The highest BCUT2D eigenvalue weighted by molar-refractivity contribution is 6.28. The van der Waals surface area contributed by atoms with E-state index in [4.69, 9.17) is 16.0 Å². The summed E-state index contributed by atoms with van der Waals surface area (Å²) < 4.78 is 5.19. The molecular formula is C12H12ClNO2. The molecule has 2 heterocycles. The second kappa shape index (κ2) is 4.68. The first-order chi connectivity index (χ1) is 7.68. The van der Waals surface area contributed by atoms with E-state index in [1.807, 2.05) is 19.1 Å². The second-order valence-electron chi connectivity index (χ2n) is 3.66. The molecule has 16 heavy (non-hydrogen) atoms. The van der Waals surface area contributed by atoms with Gasteiger partial charge in [-0.05, 0) is 41.4 Å². The highest BCUT2D eigenvalue weighted by Gasteiger charge is 2.21. The Labute approximate surface area is 98.7 Å². The van der Waals surface area contributed by atoms with Crippen molar-refractivity contribution in [3.8, 4) is 0 Å². The van der Waals surface area contributed by atoms with Crippen molar-refractivity contribution in [2.75, 3.05) is 0 Å². The zero-order valence-corrected chi connectivity index (χ0v) is 9.56. The largest absolute Gasteiger partial charge is 0.447 e. The summed E-state index contributed by atoms with van der Waals surface area (Å²) in [4.78, 5) is 3.94. The molecule has 0 spiro atoms. The topological polar surface area (TPSA) is 46.3 Å². The molecular weight excluding hydrogens is 226 g/mol. The lowest BCUT2D eigenvalue weighted by atomic mass is 9.95. The maximum absolute atomic E-state index is 10.1. The monoisotopic (exact) mass is 237 g/mol. The van der Waals surface area contributed by atoms with Crippen LogP contribution in [-0.4, -0.2) is 10.1 Å². The van der Waals surface area contributed by atoms with Gasteiger partial charge in [0.15, 0.2) is 5.22 Å². The Balaban J connectivity index is 2.19. The lowest BCUT2D eigenvalue weighted by Crippen LogP contribution is -2.06. The number of aromatic nitrogens is 1. The molecule has 2 rings (SSSR count). The average molecular weight is 238 g/mol. The maximum Gasteiger partial charge on any atom is 0.193 e. The minimum absolute atomic E-state index is 0.0646. The van der Waals surface area contributed by atoms with Gasteiger partial charge in [-0.2, -0.15) is 0 Å². The van der Waals surface area contributed by atoms with Crippen LogP contribution in [0.4, 0.5) is 0 Å². The molecule has 0 saturated carbocycles. The van der Waals surface area contributed by atoms with E-state index in [0.29, 0.717) is 5.76 Å². The minimum Gasteiger partial charge on any atom is -0.447 e. The van der Waals surface area contributed by atoms with Gasteiger partial charge in [0, 0.05) is 18.3 Å². The quantitative estimate of drug-likeness (QED) is 0.892. The van der Waals surface area contributed by atoms with Crippen LogP contribution in [0.3, 0.4) is 0 Å². The van der Waals surface area contributed by atoms with Crippen LogP contribution in [0.5, 0.6) is 0 Å². The maximum atomic E-state index is 10.1. The third-order valence-corrected chi connectivity index (χ3v) is 2.79. The zero-order valence-electron chi connectivity index (χ0n) is 8.80. The van der Waals surface area contributed by atoms with Gasteiger partial charge in [-0.1, -0.05) is 6.92 Å². The van der Waals surface area contributed by atoms with Crippen LogP contribution in [0.2, 0.25) is 5.22 Å². The lowest BCUT2D eigenvalue weighted by molar-refractivity contribution is 0.125. The average Bonchev–Trinajstić information content (AvgIpc) is 2.75. The predicted octanol–water partition coefficient (Wildman–Crippen LogP) is 3.17. The summed E-state index contributed by atoms with van der Waals surface area (Å²) >= 11 is 5.67. The van der Waals surface area contributed by atoms with Crippen molar-refractivity contribution in [2.24, 2.45) is 0 Å². The zero-order chi connectivity index (χ0) is 11.5. The predicted molar refractivity (Wildman–Crippen MR) is 61.3 cm³/mol. The third kappa shape index (κ3) is 2.26. The fourth-order valence-corrected chi connectivity index (χ4v) is 1.74. The summed E-state index contributed by atoms with van der Waals surface area (Å²) in [5, 5.41) is 10.4. The van der Waals surface area contributed by atoms with Crippen LogP contribution in [0.1, 0.15) is 30.3 Å². The van der Waals surface area contributed by atoms with E-state index in [0.717, 1.165) is 5.56 Å². The van der Waals surface area contributed by atoms with Crippen molar-refractivity contribution >= 4 is 11.6 Å². The van der Waals surface area contributed by atoms with Crippen LogP contribution in [0, 0.1) is 0 Å². The van der Waals surface area contributed by atoms with E-state index in [9.17, 15) is 5.11 Å². The number of halogens is 1. The summed E-state index contributed by atoms with van der Waals surface area (Å²) in [5.74, 6) is 0.416. The highest BCUT2D eigenvalue weighted by Crippen LogP contribution is 2.31. The normalized spacial score (nSPS) is 14.7. The van der Waals surface area contributed by atoms with Crippen molar-refractivity contribution in [3.05, 3.63) is 53.2 Å². The molecule has 0 aromatic carbocycles. The van der Waals surface area contributed by atoms with Crippen molar-refractivity contribution in [1.82, 2.24) is 4.98 Å². The van der Waals surface area contributed by atoms with Gasteiger partial charge >= 0.3 is 0 Å². The minimum atomic E-state index is -0.699. The molecule has 1 N–H and O–H groups in total. The van der Waals surface area contributed by atoms with Gasteiger partial charge < -0.3 is 9.52 Å². The lowest BCUT2D eigenvalue weighted by Gasteiger charge is -2.16. The fourth-order valence-electron chi connectivity index (χ4n) is 1.58. The number of nitrogens with zero attached hydrogens (tertiary/aromatic N) is 1. The number of hydrogen-bond acceptors (Lipinski definition) is 3. The number of furan rings is 1. The van der Waals surface area contributed by atoms with E-state index in [1.54, 1.807) is 24.5 Å².